The van der Waals surface area contributed by atoms with E-state index in [2.05, 4.69) is 10.6 Å². The Morgan fingerprint density at radius 3 is 2.24 bits per heavy atom. The summed E-state index contributed by atoms with van der Waals surface area (Å²) in [4.78, 5) is 38.9. The maximum atomic E-state index is 13.7. The molecule has 2 aromatic carbocycles. The maximum absolute atomic E-state index is 13.7. The number of anilines is 1. The van der Waals surface area contributed by atoms with Gasteiger partial charge in [-0.2, -0.15) is 0 Å². The van der Waals surface area contributed by atoms with Crippen molar-refractivity contribution in [3.8, 4) is 0 Å². The molecule has 34 heavy (non-hydrogen) atoms. The van der Waals surface area contributed by atoms with E-state index in [-0.39, 0.29) is 17.4 Å². The summed E-state index contributed by atoms with van der Waals surface area (Å²) in [7, 11) is 0. The number of ether oxygens (including phenoxy) is 1. The fourth-order valence-corrected chi connectivity index (χ4v) is 6.89. The van der Waals surface area contributed by atoms with Crippen LogP contribution in [-0.4, -0.2) is 23.3 Å². The van der Waals surface area contributed by atoms with Crippen molar-refractivity contribution in [1.82, 2.24) is 5.32 Å². The highest BCUT2D eigenvalue weighted by Crippen LogP contribution is 2.62. The molecule has 6 nitrogen and oxygen atoms in total. The first-order chi connectivity index (χ1) is 16.3. The number of halogens is 1. The molecule has 5 atom stereocenters. The summed E-state index contributed by atoms with van der Waals surface area (Å²) in [5.41, 5.74) is -0.0805. The van der Waals surface area contributed by atoms with Crippen LogP contribution in [0.25, 0.3) is 0 Å². The molecule has 6 rings (SSSR count). The van der Waals surface area contributed by atoms with Crippen LogP contribution in [0.3, 0.4) is 0 Å². The van der Waals surface area contributed by atoms with Gasteiger partial charge in [0.1, 0.15) is 5.82 Å². The lowest BCUT2D eigenvalue weighted by Gasteiger charge is -2.60. The third kappa shape index (κ3) is 4.31. The molecular formula is C27H29FN2O4. The van der Waals surface area contributed by atoms with E-state index in [1.54, 1.807) is 24.3 Å². The van der Waals surface area contributed by atoms with E-state index in [1.165, 1.54) is 31.2 Å². The maximum Gasteiger partial charge on any atom is 0.313 e. The summed E-state index contributed by atoms with van der Waals surface area (Å²) < 4.78 is 19.3. The zero-order valence-electron chi connectivity index (χ0n) is 19.2. The number of amides is 2. The summed E-state index contributed by atoms with van der Waals surface area (Å²) in [5, 5.41) is 5.90. The Kier molecular flexibility index (Phi) is 5.66. The van der Waals surface area contributed by atoms with Gasteiger partial charge in [0, 0.05) is 23.7 Å². The van der Waals surface area contributed by atoms with Crippen LogP contribution >= 0.6 is 0 Å². The van der Waals surface area contributed by atoms with Gasteiger partial charge in [0.05, 0.1) is 5.41 Å². The van der Waals surface area contributed by atoms with Crippen LogP contribution in [0.5, 0.6) is 0 Å². The first-order valence-electron chi connectivity index (χ1n) is 11.9. The van der Waals surface area contributed by atoms with Gasteiger partial charge in [-0.05, 0) is 74.6 Å². The Bertz CT molecular complexity index is 1090. The summed E-state index contributed by atoms with van der Waals surface area (Å²) in [6.07, 6.45) is 3.73. The highest BCUT2D eigenvalue weighted by molar-refractivity contribution is 5.96. The van der Waals surface area contributed by atoms with Gasteiger partial charge in [-0.15, -0.1) is 0 Å². The first kappa shape index (κ1) is 22.6. The van der Waals surface area contributed by atoms with E-state index in [4.69, 9.17) is 4.74 Å². The molecule has 4 aliphatic carbocycles. The SMILES string of the molecule is CC(=O)NC12C[C@H]3C[C@@H](C1)CC(C(=O)O[C@@H](C(=O)Nc1ccc(F)cc1)c1ccccc1)(C3)C2. The second-order valence-electron chi connectivity index (χ2n) is 10.4. The number of hydrogen-bond acceptors (Lipinski definition) is 4. The Morgan fingerprint density at radius 1 is 0.971 bits per heavy atom. The predicted octanol–water partition coefficient (Wildman–Crippen LogP) is 4.52. The predicted molar refractivity (Wildman–Crippen MR) is 124 cm³/mol. The van der Waals surface area contributed by atoms with Crippen molar-refractivity contribution in [1.29, 1.82) is 0 Å². The lowest BCUT2D eigenvalue weighted by atomic mass is 9.47. The van der Waals surface area contributed by atoms with Gasteiger partial charge in [-0.3, -0.25) is 14.4 Å². The average molecular weight is 465 g/mol. The lowest BCUT2D eigenvalue weighted by molar-refractivity contribution is -0.182. The molecule has 0 aromatic heterocycles. The van der Waals surface area contributed by atoms with E-state index < -0.39 is 23.2 Å². The topological polar surface area (TPSA) is 84.5 Å². The number of carbonyl (C=O) groups excluding carboxylic acids is 3. The molecule has 0 heterocycles. The molecule has 178 valence electrons. The van der Waals surface area contributed by atoms with Crippen molar-refractivity contribution in [2.24, 2.45) is 17.3 Å². The Morgan fingerprint density at radius 2 is 1.62 bits per heavy atom. The number of carbonyl (C=O) groups is 3. The third-order valence-corrected chi connectivity index (χ3v) is 7.61. The van der Waals surface area contributed by atoms with Crippen molar-refractivity contribution < 1.29 is 23.5 Å². The minimum absolute atomic E-state index is 0.0775. The van der Waals surface area contributed by atoms with Crippen molar-refractivity contribution >= 4 is 23.5 Å². The van der Waals surface area contributed by atoms with Crippen LogP contribution in [-0.2, 0) is 19.1 Å². The first-order valence-corrected chi connectivity index (χ1v) is 11.9. The van der Waals surface area contributed by atoms with Gasteiger partial charge in [-0.1, -0.05) is 30.3 Å². The minimum Gasteiger partial charge on any atom is -0.447 e. The summed E-state index contributed by atoms with van der Waals surface area (Å²) in [5.74, 6) is -0.620. The van der Waals surface area contributed by atoms with Gasteiger partial charge in [0.2, 0.25) is 12.0 Å². The second kappa shape index (κ2) is 8.53. The van der Waals surface area contributed by atoms with Crippen LogP contribution in [0, 0.1) is 23.1 Å². The number of rotatable bonds is 6. The molecule has 2 amide bonds. The quantitative estimate of drug-likeness (QED) is 0.616. The van der Waals surface area contributed by atoms with E-state index in [9.17, 15) is 18.8 Å². The molecule has 7 heteroatoms. The number of esters is 1. The minimum atomic E-state index is -1.14. The van der Waals surface area contributed by atoms with E-state index >= 15 is 0 Å². The van der Waals surface area contributed by atoms with E-state index in [0.29, 0.717) is 29.5 Å². The van der Waals surface area contributed by atoms with Gasteiger partial charge in [-0.25, -0.2) is 4.39 Å². The van der Waals surface area contributed by atoms with Crippen molar-refractivity contribution in [2.75, 3.05) is 5.32 Å². The molecule has 4 fully saturated rings. The standard InChI is InChI=1S/C27H29FN2O4/c1-17(31)30-27-14-18-11-19(15-27)13-26(12-18,16-27)25(33)34-23(20-5-3-2-4-6-20)24(32)29-22-9-7-21(28)8-10-22/h2-10,18-19,23H,11-16H2,1H3,(H,29,32)(H,30,31)/t18-,19+,23-,26?,27?/m1/s1. The molecule has 2 N–H and O–H groups in total. The number of nitrogens with one attached hydrogen (secondary N) is 2. The van der Waals surface area contributed by atoms with Crippen LogP contribution < -0.4 is 10.6 Å². The Labute approximate surface area is 198 Å². The lowest BCUT2D eigenvalue weighted by Crippen LogP contribution is -2.64. The largest absolute Gasteiger partial charge is 0.447 e. The van der Waals surface area contributed by atoms with Gasteiger partial charge in [0.15, 0.2) is 0 Å². The molecule has 4 aliphatic rings. The van der Waals surface area contributed by atoms with Crippen LogP contribution in [0.2, 0.25) is 0 Å². The van der Waals surface area contributed by atoms with Crippen LogP contribution in [0.15, 0.2) is 54.6 Å². The van der Waals surface area contributed by atoms with Crippen LogP contribution in [0.4, 0.5) is 10.1 Å². The number of hydrogen-bond donors (Lipinski definition) is 2. The fourth-order valence-electron chi connectivity index (χ4n) is 6.89. The molecule has 2 unspecified atom stereocenters. The van der Waals surface area contributed by atoms with E-state index in [0.717, 1.165) is 32.1 Å². The van der Waals surface area contributed by atoms with Gasteiger partial charge in [0.25, 0.3) is 5.91 Å². The summed E-state index contributed by atoms with van der Waals surface area (Å²) in [6.45, 7) is 1.52. The monoisotopic (exact) mass is 464 g/mol. The Hall–Kier alpha value is -3.22. The summed E-state index contributed by atoms with van der Waals surface area (Å²) >= 11 is 0. The van der Waals surface area contributed by atoms with Crippen molar-refractivity contribution in [2.45, 2.75) is 57.1 Å². The van der Waals surface area contributed by atoms with Crippen LogP contribution in [0.1, 0.15) is 57.1 Å². The Balaban J connectivity index is 1.40. The van der Waals surface area contributed by atoms with Gasteiger partial charge >= 0.3 is 5.97 Å². The summed E-state index contributed by atoms with van der Waals surface area (Å²) in [6, 6.07) is 14.4. The molecule has 4 bridgehead atoms. The zero-order chi connectivity index (χ0) is 23.9. The normalized spacial score (nSPS) is 29.8. The van der Waals surface area contributed by atoms with Gasteiger partial charge < -0.3 is 15.4 Å². The zero-order valence-corrected chi connectivity index (χ0v) is 19.2. The molecule has 0 radical (unpaired) electrons. The molecular weight excluding hydrogens is 435 g/mol. The second-order valence-corrected chi connectivity index (χ2v) is 10.4. The average Bonchev–Trinajstić information content (AvgIpc) is 2.77. The number of benzene rings is 2. The third-order valence-electron chi connectivity index (χ3n) is 7.61. The molecule has 2 aromatic rings. The molecule has 0 aliphatic heterocycles. The highest BCUT2D eigenvalue weighted by Gasteiger charge is 2.62. The highest BCUT2D eigenvalue weighted by atomic mass is 19.1. The molecule has 4 saturated carbocycles. The van der Waals surface area contributed by atoms with Crippen molar-refractivity contribution in [3.05, 3.63) is 66.0 Å². The molecule has 0 saturated heterocycles. The fraction of sp³-hybridized carbons (Fsp3) is 0.444. The smallest absolute Gasteiger partial charge is 0.313 e. The van der Waals surface area contributed by atoms with Crippen molar-refractivity contribution in [3.63, 3.8) is 0 Å². The van der Waals surface area contributed by atoms with E-state index in [1.807, 2.05) is 6.07 Å². The molecule has 0 spiro atoms.